The number of rotatable bonds is 4. The molecule has 1 aromatic heterocycles. The summed E-state index contributed by atoms with van der Waals surface area (Å²) in [7, 11) is 2.95. The first-order valence-electron chi connectivity index (χ1n) is 10.8. The highest BCUT2D eigenvalue weighted by molar-refractivity contribution is 6.07. The van der Waals surface area contributed by atoms with Crippen LogP contribution in [-0.4, -0.2) is 71.3 Å². The summed E-state index contributed by atoms with van der Waals surface area (Å²) in [4.78, 5) is 44.8. The van der Waals surface area contributed by atoms with Crippen LogP contribution in [0.15, 0.2) is 29.6 Å². The van der Waals surface area contributed by atoms with Crippen molar-refractivity contribution in [2.45, 2.75) is 51.2 Å². The fourth-order valence-electron chi connectivity index (χ4n) is 3.79. The van der Waals surface area contributed by atoms with E-state index in [0.717, 1.165) is 0 Å². The van der Waals surface area contributed by atoms with Crippen molar-refractivity contribution in [1.29, 1.82) is 5.41 Å². The second kappa shape index (κ2) is 8.84. The third-order valence-corrected chi connectivity index (χ3v) is 5.88. The molecule has 0 spiro atoms. The minimum absolute atomic E-state index is 0.0399. The monoisotopic (exact) mass is 457 g/mol. The third kappa shape index (κ3) is 4.99. The Labute approximate surface area is 193 Å². The van der Waals surface area contributed by atoms with Crippen molar-refractivity contribution in [1.82, 2.24) is 14.8 Å². The smallest absolute Gasteiger partial charge is 0.410 e. The molecule has 1 aromatic rings. The van der Waals surface area contributed by atoms with Crippen LogP contribution in [0.2, 0.25) is 0 Å². The largest absolute Gasteiger partial charge is 0.465 e. The second-order valence-electron chi connectivity index (χ2n) is 9.34. The van der Waals surface area contributed by atoms with Crippen molar-refractivity contribution >= 4 is 23.7 Å². The molecular formula is C23H31N5O5. The number of esters is 1. The minimum Gasteiger partial charge on any atom is -0.465 e. The lowest BCUT2D eigenvalue weighted by Crippen LogP contribution is -2.46. The number of carbonyl (C=O) groups is 3. The molecule has 2 amide bonds. The number of nitrogens with zero attached hydrogens (tertiary/aromatic N) is 3. The Bertz CT molecular complexity index is 1010. The van der Waals surface area contributed by atoms with Crippen LogP contribution in [0.5, 0.6) is 0 Å². The zero-order valence-corrected chi connectivity index (χ0v) is 19.7. The lowest BCUT2D eigenvalue weighted by molar-refractivity contribution is -0.129. The van der Waals surface area contributed by atoms with Crippen LogP contribution in [-0.2, 0) is 19.8 Å². The van der Waals surface area contributed by atoms with E-state index in [4.69, 9.17) is 20.6 Å². The van der Waals surface area contributed by atoms with Gasteiger partial charge in [0.25, 0.3) is 5.91 Å². The summed E-state index contributed by atoms with van der Waals surface area (Å²) in [5, 5.41) is 8.30. The van der Waals surface area contributed by atoms with Gasteiger partial charge in [-0.25, -0.2) is 9.59 Å². The number of pyridine rings is 1. The fourth-order valence-corrected chi connectivity index (χ4v) is 3.79. The molecule has 2 aliphatic rings. The zero-order chi connectivity index (χ0) is 24.6. The Morgan fingerprint density at radius 1 is 1.24 bits per heavy atom. The van der Waals surface area contributed by atoms with E-state index in [-0.39, 0.29) is 24.4 Å². The number of aromatic nitrogens is 1. The summed E-state index contributed by atoms with van der Waals surface area (Å²) < 4.78 is 10.1. The minimum atomic E-state index is -0.651. The van der Waals surface area contributed by atoms with Crippen molar-refractivity contribution in [2.24, 2.45) is 5.73 Å². The normalized spacial score (nSPS) is 18.9. The highest BCUT2D eigenvalue weighted by Crippen LogP contribution is 2.50. The van der Waals surface area contributed by atoms with Gasteiger partial charge in [0, 0.05) is 37.5 Å². The molecule has 2 fully saturated rings. The van der Waals surface area contributed by atoms with E-state index in [1.54, 1.807) is 40.0 Å². The maximum Gasteiger partial charge on any atom is 0.410 e. The number of likely N-dealkylation sites (N-methyl/N-ethyl adjacent to an activating group) is 1. The van der Waals surface area contributed by atoms with Crippen LogP contribution in [0.25, 0.3) is 0 Å². The van der Waals surface area contributed by atoms with E-state index in [9.17, 15) is 14.4 Å². The Kier molecular flexibility index (Phi) is 6.49. The predicted molar refractivity (Wildman–Crippen MR) is 121 cm³/mol. The van der Waals surface area contributed by atoms with Gasteiger partial charge in [0.2, 0.25) is 0 Å². The van der Waals surface area contributed by atoms with Crippen LogP contribution in [0.1, 0.15) is 56.1 Å². The molecule has 33 heavy (non-hydrogen) atoms. The van der Waals surface area contributed by atoms with Gasteiger partial charge in [-0.15, -0.1) is 0 Å². The number of likely N-dealkylation sites (tertiary alicyclic amines) is 1. The number of piperidine rings is 1. The number of nitrogens with two attached hydrogens (primary N) is 1. The van der Waals surface area contributed by atoms with Crippen molar-refractivity contribution in [2.75, 3.05) is 27.2 Å². The molecule has 0 radical (unpaired) electrons. The van der Waals surface area contributed by atoms with Gasteiger partial charge >= 0.3 is 12.1 Å². The van der Waals surface area contributed by atoms with Gasteiger partial charge in [0.15, 0.2) is 0 Å². The predicted octanol–water partition coefficient (Wildman–Crippen LogP) is 2.19. The van der Waals surface area contributed by atoms with Crippen LogP contribution >= 0.6 is 0 Å². The number of nitrogens with one attached hydrogen (secondary N) is 1. The van der Waals surface area contributed by atoms with E-state index in [0.29, 0.717) is 36.2 Å². The Balaban J connectivity index is 1.80. The average Bonchev–Trinajstić information content (AvgIpc) is 3.58. The lowest BCUT2D eigenvalue weighted by atomic mass is 9.99. The second-order valence-corrected chi connectivity index (χ2v) is 9.34. The molecule has 0 aromatic carbocycles. The molecule has 0 bridgehead atoms. The topological polar surface area (TPSA) is 139 Å². The van der Waals surface area contributed by atoms with Gasteiger partial charge in [0.05, 0.1) is 30.5 Å². The van der Waals surface area contributed by atoms with Gasteiger partial charge in [-0.1, -0.05) is 0 Å². The summed E-state index contributed by atoms with van der Waals surface area (Å²) >= 11 is 0. The zero-order valence-electron chi connectivity index (χ0n) is 19.7. The molecule has 3 rings (SSSR count). The molecule has 10 nitrogen and oxygen atoms in total. The maximum absolute atomic E-state index is 13.3. The number of amides is 2. The number of methoxy groups -OCH3 is 1. The van der Waals surface area contributed by atoms with Crippen molar-refractivity contribution in [3.63, 3.8) is 0 Å². The van der Waals surface area contributed by atoms with Crippen molar-refractivity contribution in [3.05, 3.63) is 40.9 Å². The van der Waals surface area contributed by atoms with E-state index in [1.165, 1.54) is 23.1 Å². The van der Waals surface area contributed by atoms with Crippen LogP contribution < -0.4 is 5.73 Å². The number of hydrogen-bond acceptors (Lipinski definition) is 8. The standard InChI is InChI=1S/C23H31N5O5/c1-22(2,3)33-21(31)28-11-8-16(24)15(13-28)18(25)19(29)27(4)23(9-10-23)17-7-6-14(12-26-17)20(30)32-5/h6-7,12,24H,8-11,13,25H2,1-5H3/b18-15-,24-16?. The fraction of sp³-hybridized carbons (Fsp3) is 0.522. The van der Waals surface area contributed by atoms with Gasteiger partial charge in [0.1, 0.15) is 11.3 Å². The molecule has 1 saturated heterocycles. The molecular weight excluding hydrogens is 426 g/mol. The molecule has 0 unspecified atom stereocenters. The van der Waals surface area contributed by atoms with E-state index < -0.39 is 29.1 Å². The van der Waals surface area contributed by atoms with E-state index >= 15 is 0 Å². The molecule has 10 heteroatoms. The summed E-state index contributed by atoms with van der Waals surface area (Å²) in [6.45, 7) is 5.71. The molecule has 1 saturated carbocycles. The molecule has 1 aliphatic carbocycles. The van der Waals surface area contributed by atoms with E-state index in [2.05, 4.69) is 4.98 Å². The quantitative estimate of drug-likeness (QED) is 0.522. The summed E-state index contributed by atoms with van der Waals surface area (Å²) in [5.74, 6) is -0.917. The number of carbonyl (C=O) groups excluding carboxylic acids is 3. The van der Waals surface area contributed by atoms with Crippen LogP contribution in [0.3, 0.4) is 0 Å². The molecule has 3 N–H and O–H groups in total. The summed E-state index contributed by atoms with van der Waals surface area (Å²) in [5.41, 5.74) is 6.44. The van der Waals surface area contributed by atoms with Crippen molar-refractivity contribution < 1.29 is 23.9 Å². The highest BCUT2D eigenvalue weighted by atomic mass is 16.6. The first-order chi connectivity index (χ1) is 15.4. The van der Waals surface area contributed by atoms with Gasteiger partial charge < -0.3 is 30.4 Å². The average molecular weight is 458 g/mol. The lowest BCUT2D eigenvalue weighted by Gasteiger charge is -2.33. The maximum atomic E-state index is 13.3. The highest BCUT2D eigenvalue weighted by Gasteiger charge is 2.51. The first-order valence-corrected chi connectivity index (χ1v) is 10.8. The SMILES string of the molecule is COC(=O)c1ccc(C2(N(C)C(=O)/C(N)=C3\CN(C(=O)OC(C)(C)C)CCC3=N)CC2)nc1. The van der Waals surface area contributed by atoms with E-state index in [1.807, 2.05) is 0 Å². The molecule has 0 atom stereocenters. The Morgan fingerprint density at radius 2 is 1.91 bits per heavy atom. The van der Waals surface area contributed by atoms with Crippen LogP contribution in [0, 0.1) is 5.41 Å². The Hall–Kier alpha value is -3.43. The molecule has 1 aliphatic heterocycles. The van der Waals surface area contributed by atoms with Crippen LogP contribution in [0.4, 0.5) is 4.79 Å². The molecule has 2 heterocycles. The van der Waals surface area contributed by atoms with Gasteiger partial charge in [-0.05, 0) is 45.7 Å². The number of ether oxygens (including phenoxy) is 2. The number of hydrogen-bond donors (Lipinski definition) is 2. The molecule has 178 valence electrons. The van der Waals surface area contributed by atoms with Gasteiger partial charge in [-0.3, -0.25) is 9.78 Å². The van der Waals surface area contributed by atoms with Gasteiger partial charge in [-0.2, -0.15) is 0 Å². The first kappa shape index (κ1) is 24.2. The Morgan fingerprint density at radius 3 is 2.42 bits per heavy atom. The van der Waals surface area contributed by atoms with Crippen molar-refractivity contribution in [3.8, 4) is 0 Å². The summed E-state index contributed by atoms with van der Waals surface area (Å²) in [6, 6.07) is 3.32. The third-order valence-electron chi connectivity index (χ3n) is 5.88. The summed E-state index contributed by atoms with van der Waals surface area (Å²) in [6.07, 6.45) is 2.60.